The van der Waals surface area contributed by atoms with Crippen LogP contribution < -0.4 is 10.6 Å². The van der Waals surface area contributed by atoms with E-state index in [0.29, 0.717) is 5.41 Å². The number of hydrogen-bond acceptors (Lipinski definition) is 4. The number of halogens is 1. The fourth-order valence-electron chi connectivity index (χ4n) is 4.74. The molecule has 2 fully saturated rings. The largest absolute Gasteiger partial charge is 0.379 e. The molecule has 1 aromatic heterocycles. The first kappa shape index (κ1) is 26.4. The van der Waals surface area contributed by atoms with Gasteiger partial charge < -0.3 is 19.9 Å². The highest BCUT2D eigenvalue weighted by atomic mass is 127. The molecule has 0 radical (unpaired) electrons. The van der Waals surface area contributed by atoms with Crippen molar-refractivity contribution in [1.29, 1.82) is 0 Å². The molecule has 31 heavy (non-hydrogen) atoms. The molecule has 2 aliphatic rings. The zero-order chi connectivity index (χ0) is 21.1. The lowest BCUT2D eigenvalue weighted by molar-refractivity contribution is 0.00937. The average molecular weight is 547 g/mol. The van der Waals surface area contributed by atoms with E-state index in [1.54, 1.807) is 0 Å². The summed E-state index contributed by atoms with van der Waals surface area (Å²) in [6.07, 6.45) is 12.9. The van der Waals surface area contributed by atoms with E-state index < -0.39 is 0 Å². The summed E-state index contributed by atoms with van der Waals surface area (Å²) in [5, 5.41) is 7.00. The van der Waals surface area contributed by atoms with E-state index in [1.807, 2.05) is 6.20 Å². The molecule has 1 saturated heterocycles. The fraction of sp³-hybridized carbons (Fsp3) is 0.826. The number of aliphatic imine (C=N–C) groups is 1. The van der Waals surface area contributed by atoms with Crippen molar-refractivity contribution in [2.75, 3.05) is 52.5 Å². The molecule has 1 aromatic rings. The van der Waals surface area contributed by atoms with Gasteiger partial charge in [0.15, 0.2) is 5.96 Å². The number of rotatable bonds is 10. The molecule has 1 aliphatic heterocycles. The van der Waals surface area contributed by atoms with E-state index in [-0.39, 0.29) is 24.0 Å². The SMILES string of the molecule is CCNC(=NCC1(CN2CCOCC2)CCCCC1)NCCCCn1ccnc1C.I. The Morgan fingerprint density at radius 2 is 1.94 bits per heavy atom. The number of aromatic nitrogens is 2. The molecule has 0 atom stereocenters. The van der Waals surface area contributed by atoms with Crippen molar-refractivity contribution in [3.63, 3.8) is 0 Å². The van der Waals surface area contributed by atoms with Gasteiger partial charge in [0, 0.05) is 63.6 Å². The summed E-state index contributed by atoms with van der Waals surface area (Å²) in [5.74, 6) is 2.07. The maximum absolute atomic E-state index is 5.55. The van der Waals surface area contributed by atoms with Crippen molar-refractivity contribution in [2.24, 2.45) is 10.4 Å². The third-order valence-corrected chi connectivity index (χ3v) is 6.54. The van der Waals surface area contributed by atoms with E-state index in [1.165, 1.54) is 38.6 Å². The van der Waals surface area contributed by atoms with Crippen LogP contribution >= 0.6 is 24.0 Å². The van der Waals surface area contributed by atoms with E-state index in [0.717, 1.165) is 77.1 Å². The Kier molecular flexibility index (Phi) is 12.2. The molecule has 0 amide bonds. The standard InChI is InChI=1S/C23H42N6O.HI/c1-3-24-22(26-11-7-8-13-29-14-12-25-21(29)2)27-19-23(9-5-4-6-10-23)20-28-15-17-30-18-16-28;/h12,14H,3-11,13,15-20H2,1-2H3,(H2,24,26,27);1H. The molecule has 0 spiro atoms. The molecule has 2 N–H and O–H groups in total. The lowest BCUT2D eigenvalue weighted by Crippen LogP contribution is -2.46. The Hall–Kier alpha value is -0.870. The van der Waals surface area contributed by atoms with E-state index in [4.69, 9.17) is 9.73 Å². The van der Waals surface area contributed by atoms with Crippen LogP contribution in [0.15, 0.2) is 17.4 Å². The van der Waals surface area contributed by atoms with Gasteiger partial charge in [0.05, 0.1) is 13.2 Å². The van der Waals surface area contributed by atoms with Gasteiger partial charge in [-0.25, -0.2) is 4.98 Å². The summed E-state index contributed by atoms with van der Waals surface area (Å²) in [7, 11) is 0. The molecule has 178 valence electrons. The minimum absolute atomic E-state index is 0. The fourth-order valence-corrected chi connectivity index (χ4v) is 4.74. The molecule has 0 aromatic carbocycles. The number of nitrogens with zero attached hydrogens (tertiary/aromatic N) is 4. The number of imidazole rings is 1. The topological polar surface area (TPSA) is 66.7 Å². The van der Waals surface area contributed by atoms with Crippen LogP contribution in [0.1, 0.15) is 57.7 Å². The number of ether oxygens (including phenoxy) is 1. The van der Waals surface area contributed by atoms with Gasteiger partial charge in [-0.3, -0.25) is 9.89 Å². The third kappa shape index (κ3) is 8.88. The minimum atomic E-state index is 0. The average Bonchev–Trinajstić information content (AvgIpc) is 3.18. The van der Waals surface area contributed by atoms with Crippen LogP contribution in [-0.4, -0.2) is 72.9 Å². The van der Waals surface area contributed by atoms with Crippen molar-refractivity contribution in [1.82, 2.24) is 25.1 Å². The van der Waals surface area contributed by atoms with Crippen molar-refractivity contribution in [3.8, 4) is 0 Å². The van der Waals surface area contributed by atoms with Gasteiger partial charge in [-0.2, -0.15) is 0 Å². The zero-order valence-corrected chi connectivity index (χ0v) is 21.9. The predicted molar refractivity (Wildman–Crippen MR) is 138 cm³/mol. The third-order valence-electron chi connectivity index (χ3n) is 6.54. The Bertz CT molecular complexity index is 638. The number of guanidine groups is 1. The Balaban J connectivity index is 0.00000341. The van der Waals surface area contributed by atoms with Crippen molar-refractivity contribution < 1.29 is 4.74 Å². The summed E-state index contributed by atoms with van der Waals surface area (Å²) < 4.78 is 7.77. The van der Waals surface area contributed by atoms with Gasteiger partial charge >= 0.3 is 0 Å². The van der Waals surface area contributed by atoms with Crippen molar-refractivity contribution in [2.45, 2.75) is 65.3 Å². The second-order valence-electron chi connectivity index (χ2n) is 8.95. The minimum Gasteiger partial charge on any atom is -0.379 e. The van der Waals surface area contributed by atoms with Gasteiger partial charge in [0.25, 0.3) is 0 Å². The highest BCUT2D eigenvalue weighted by molar-refractivity contribution is 14.0. The molecule has 2 heterocycles. The summed E-state index contributed by atoms with van der Waals surface area (Å²) >= 11 is 0. The molecule has 1 saturated carbocycles. The van der Waals surface area contributed by atoms with E-state index in [2.05, 4.69) is 45.1 Å². The van der Waals surface area contributed by atoms with Gasteiger partial charge in [0.1, 0.15) is 5.82 Å². The lowest BCUT2D eigenvalue weighted by atomic mass is 9.73. The van der Waals surface area contributed by atoms with Crippen LogP contribution in [0.4, 0.5) is 0 Å². The molecular weight excluding hydrogens is 503 g/mol. The molecular formula is C23H43IN6O. The van der Waals surface area contributed by atoms with Crippen LogP contribution in [0.25, 0.3) is 0 Å². The van der Waals surface area contributed by atoms with Gasteiger partial charge in [-0.15, -0.1) is 24.0 Å². The first-order chi connectivity index (χ1) is 14.7. The number of hydrogen-bond donors (Lipinski definition) is 2. The number of aryl methyl sites for hydroxylation is 2. The highest BCUT2D eigenvalue weighted by Gasteiger charge is 2.34. The smallest absolute Gasteiger partial charge is 0.191 e. The van der Waals surface area contributed by atoms with Crippen LogP contribution in [0.3, 0.4) is 0 Å². The Labute approximate surface area is 205 Å². The van der Waals surface area contributed by atoms with Crippen molar-refractivity contribution >= 4 is 29.9 Å². The normalized spacial score (nSPS) is 19.6. The second kappa shape index (κ2) is 14.3. The quantitative estimate of drug-likeness (QED) is 0.204. The lowest BCUT2D eigenvalue weighted by Gasteiger charge is -2.41. The van der Waals surface area contributed by atoms with Gasteiger partial charge in [0.2, 0.25) is 0 Å². The van der Waals surface area contributed by atoms with Crippen LogP contribution in [0, 0.1) is 12.3 Å². The highest BCUT2D eigenvalue weighted by Crippen LogP contribution is 2.37. The van der Waals surface area contributed by atoms with Crippen molar-refractivity contribution in [3.05, 3.63) is 18.2 Å². The molecule has 0 unspecified atom stereocenters. The molecule has 7 nitrogen and oxygen atoms in total. The van der Waals surface area contributed by atoms with Gasteiger partial charge in [-0.05, 0) is 39.5 Å². The molecule has 3 rings (SSSR count). The van der Waals surface area contributed by atoms with Crippen LogP contribution in [0.2, 0.25) is 0 Å². The monoisotopic (exact) mass is 546 g/mol. The van der Waals surface area contributed by atoms with Crippen LogP contribution in [0.5, 0.6) is 0 Å². The zero-order valence-electron chi connectivity index (χ0n) is 19.6. The summed E-state index contributed by atoms with van der Waals surface area (Å²) in [6, 6.07) is 0. The number of morpholine rings is 1. The van der Waals surface area contributed by atoms with Gasteiger partial charge in [-0.1, -0.05) is 19.3 Å². The molecule has 1 aliphatic carbocycles. The number of unbranched alkanes of at least 4 members (excludes halogenated alkanes) is 1. The maximum Gasteiger partial charge on any atom is 0.191 e. The molecule has 0 bridgehead atoms. The molecule has 8 heteroatoms. The maximum atomic E-state index is 5.55. The first-order valence-electron chi connectivity index (χ1n) is 12.0. The summed E-state index contributed by atoms with van der Waals surface area (Å²) in [5.41, 5.74) is 0.330. The Morgan fingerprint density at radius 1 is 1.16 bits per heavy atom. The number of nitrogens with one attached hydrogen (secondary N) is 2. The van der Waals surface area contributed by atoms with E-state index >= 15 is 0 Å². The first-order valence-corrected chi connectivity index (χ1v) is 12.0. The summed E-state index contributed by atoms with van der Waals surface area (Å²) in [4.78, 5) is 12.0. The summed E-state index contributed by atoms with van der Waals surface area (Å²) in [6.45, 7) is 13.1. The second-order valence-corrected chi connectivity index (χ2v) is 8.95. The van der Waals surface area contributed by atoms with Crippen LogP contribution in [-0.2, 0) is 11.3 Å². The Morgan fingerprint density at radius 3 is 2.61 bits per heavy atom. The van der Waals surface area contributed by atoms with E-state index in [9.17, 15) is 0 Å². The predicted octanol–water partition coefficient (Wildman–Crippen LogP) is 3.43.